The fourth-order valence-electron chi connectivity index (χ4n) is 3.40. The SMILES string of the molecule is CNc1ncc(C#Cc2cnn(C3COC3)c2)c2cc(NC(=O)[C@H]3C[C@H]3C)nnc12. The van der Waals surface area contributed by atoms with Crippen molar-refractivity contribution in [3.63, 3.8) is 0 Å². The molecule has 0 radical (unpaired) electrons. The first-order chi connectivity index (χ1) is 14.6. The van der Waals surface area contributed by atoms with E-state index in [-0.39, 0.29) is 17.9 Å². The van der Waals surface area contributed by atoms with Crippen molar-refractivity contribution >= 4 is 28.4 Å². The predicted molar refractivity (Wildman–Crippen MR) is 111 cm³/mol. The highest BCUT2D eigenvalue weighted by molar-refractivity contribution is 5.97. The van der Waals surface area contributed by atoms with Crippen LogP contribution in [-0.2, 0) is 9.53 Å². The molecule has 2 atom stereocenters. The molecule has 152 valence electrons. The van der Waals surface area contributed by atoms with Gasteiger partial charge in [0, 0.05) is 30.7 Å². The number of carbonyl (C=O) groups excluding carboxylic acids is 1. The molecule has 9 nitrogen and oxygen atoms in total. The molecule has 5 rings (SSSR count). The molecule has 9 heteroatoms. The van der Waals surface area contributed by atoms with Crippen molar-refractivity contribution in [3.8, 4) is 11.8 Å². The second-order valence-electron chi connectivity index (χ2n) is 7.72. The zero-order valence-electron chi connectivity index (χ0n) is 16.7. The average molecular weight is 403 g/mol. The zero-order chi connectivity index (χ0) is 20.7. The molecule has 3 aromatic rings. The maximum absolute atomic E-state index is 12.3. The molecule has 30 heavy (non-hydrogen) atoms. The van der Waals surface area contributed by atoms with Gasteiger partial charge in [0.1, 0.15) is 5.52 Å². The number of nitrogens with one attached hydrogen (secondary N) is 2. The molecule has 1 amide bonds. The number of aromatic nitrogens is 5. The summed E-state index contributed by atoms with van der Waals surface area (Å²) >= 11 is 0. The van der Waals surface area contributed by atoms with Crippen LogP contribution < -0.4 is 10.6 Å². The van der Waals surface area contributed by atoms with Gasteiger partial charge >= 0.3 is 0 Å². The monoisotopic (exact) mass is 403 g/mol. The molecule has 0 aromatic carbocycles. The minimum atomic E-state index is -0.0148. The first-order valence-corrected chi connectivity index (χ1v) is 9.91. The van der Waals surface area contributed by atoms with Gasteiger partial charge in [-0.15, -0.1) is 10.2 Å². The Labute approximate surface area is 173 Å². The number of nitrogens with zero attached hydrogens (tertiary/aromatic N) is 5. The van der Waals surface area contributed by atoms with E-state index in [1.165, 1.54) is 0 Å². The Hall–Kier alpha value is -3.51. The predicted octanol–water partition coefficient (Wildman–Crippen LogP) is 1.83. The summed E-state index contributed by atoms with van der Waals surface area (Å²) in [7, 11) is 1.78. The number of rotatable bonds is 4. The quantitative estimate of drug-likeness (QED) is 0.640. The van der Waals surface area contributed by atoms with Gasteiger partial charge in [-0.1, -0.05) is 18.8 Å². The number of anilines is 2. The first-order valence-electron chi connectivity index (χ1n) is 9.91. The number of pyridine rings is 1. The normalized spacial score (nSPS) is 20.2. The highest BCUT2D eigenvalue weighted by Gasteiger charge is 2.39. The van der Waals surface area contributed by atoms with Crippen LogP contribution in [0.1, 0.15) is 30.5 Å². The molecule has 0 spiro atoms. The van der Waals surface area contributed by atoms with Gasteiger partial charge in [0.2, 0.25) is 5.91 Å². The molecule has 2 aliphatic rings. The second kappa shape index (κ2) is 7.39. The van der Waals surface area contributed by atoms with Gasteiger partial charge in [-0.25, -0.2) is 4.98 Å². The van der Waals surface area contributed by atoms with Crippen molar-refractivity contribution in [2.24, 2.45) is 11.8 Å². The fraction of sp³-hybridized carbons (Fsp3) is 0.381. The van der Waals surface area contributed by atoms with Crippen LogP contribution in [0, 0.1) is 23.7 Å². The van der Waals surface area contributed by atoms with Gasteiger partial charge in [0.25, 0.3) is 0 Å². The lowest BCUT2D eigenvalue weighted by atomic mass is 10.1. The molecular formula is C21H21N7O2. The number of amides is 1. The van der Waals surface area contributed by atoms with Crippen molar-refractivity contribution in [1.29, 1.82) is 0 Å². The van der Waals surface area contributed by atoms with Crippen LogP contribution in [0.15, 0.2) is 24.7 Å². The Morgan fingerprint density at radius 2 is 2.10 bits per heavy atom. The van der Waals surface area contributed by atoms with Crippen LogP contribution in [0.25, 0.3) is 10.9 Å². The van der Waals surface area contributed by atoms with E-state index in [4.69, 9.17) is 4.74 Å². The summed E-state index contributed by atoms with van der Waals surface area (Å²) in [5.74, 6) is 7.79. The van der Waals surface area contributed by atoms with Crippen molar-refractivity contribution < 1.29 is 9.53 Å². The molecular weight excluding hydrogens is 382 g/mol. The third-order valence-electron chi connectivity index (χ3n) is 5.50. The minimum Gasteiger partial charge on any atom is -0.377 e. The summed E-state index contributed by atoms with van der Waals surface area (Å²) in [5.41, 5.74) is 2.12. The van der Waals surface area contributed by atoms with Crippen molar-refractivity contribution in [2.45, 2.75) is 19.4 Å². The van der Waals surface area contributed by atoms with E-state index in [0.29, 0.717) is 41.8 Å². The van der Waals surface area contributed by atoms with Gasteiger partial charge < -0.3 is 15.4 Å². The van der Waals surface area contributed by atoms with Crippen molar-refractivity contribution in [2.75, 3.05) is 30.9 Å². The molecule has 0 bridgehead atoms. The molecule has 2 N–H and O–H groups in total. The number of fused-ring (bicyclic) bond motifs is 1. The third kappa shape index (κ3) is 3.46. The summed E-state index contributed by atoms with van der Waals surface area (Å²) < 4.78 is 7.09. The van der Waals surface area contributed by atoms with Gasteiger partial charge in [-0.3, -0.25) is 9.48 Å². The van der Waals surface area contributed by atoms with Gasteiger partial charge in [-0.2, -0.15) is 5.10 Å². The molecule has 1 saturated heterocycles. The summed E-state index contributed by atoms with van der Waals surface area (Å²) in [5, 5.41) is 19.4. The van der Waals surface area contributed by atoms with Crippen LogP contribution in [0.2, 0.25) is 0 Å². The lowest BCUT2D eigenvalue weighted by molar-refractivity contribution is -0.117. The van der Waals surface area contributed by atoms with E-state index in [2.05, 4.69) is 49.7 Å². The largest absolute Gasteiger partial charge is 0.377 e. The summed E-state index contributed by atoms with van der Waals surface area (Å²) in [6.07, 6.45) is 6.27. The molecule has 4 heterocycles. The van der Waals surface area contributed by atoms with Crippen LogP contribution in [0.4, 0.5) is 11.6 Å². The molecule has 1 aliphatic heterocycles. The van der Waals surface area contributed by atoms with Crippen molar-refractivity contribution in [3.05, 3.63) is 35.8 Å². The average Bonchev–Trinajstić information content (AvgIpc) is 3.27. The summed E-state index contributed by atoms with van der Waals surface area (Å²) in [4.78, 5) is 16.7. The molecule has 0 unspecified atom stereocenters. The maximum atomic E-state index is 12.3. The number of hydrogen-bond acceptors (Lipinski definition) is 7. The van der Waals surface area contributed by atoms with E-state index >= 15 is 0 Å². The maximum Gasteiger partial charge on any atom is 0.228 e. The molecule has 2 fully saturated rings. The Morgan fingerprint density at radius 3 is 2.80 bits per heavy atom. The van der Waals surface area contributed by atoms with Gasteiger partial charge in [-0.05, 0) is 18.4 Å². The fourth-order valence-corrected chi connectivity index (χ4v) is 3.40. The number of ether oxygens (including phenoxy) is 1. The number of carbonyl (C=O) groups is 1. The minimum absolute atomic E-state index is 0.0148. The van der Waals surface area contributed by atoms with Crippen LogP contribution in [-0.4, -0.2) is 51.1 Å². The van der Waals surface area contributed by atoms with Gasteiger partial charge in [0.15, 0.2) is 11.6 Å². The highest BCUT2D eigenvalue weighted by Crippen LogP contribution is 2.38. The Balaban J connectivity index is 1.47. The van der Waals surface area contributed by atoms with Crippen LogP contribution in [0.5, 0.6) is 0 Å². The lowest BCUT2D eigenvalue weighted by Crippen LogP contribution is -2.30. The molecule has 3 aromatic heterocycles. The lowest BCUT2D eigenvalue weighted by Gasteiger charge is -2.25. The Bertz CT molecular complexity index is 1190. The summed E-state index contributed by atoms with van der Waals surface area (Å²) in [6.45, 7) is 3.43. The van der Waals surface area contributed by atoms with E-state index in [1.807, 2.05) is 10.9 Å². The Kier molecular flexibility index (Phi) is 4.56. The van der Waals surface area contributed by atoms with E-state index in [9.17, 15) is 4.79 Å². The summed E-state index contributed by atoms with van der Waals surface area (Å²) in [6, 6.07) is 2.09. The highest BCUT2D eigenvalue weighted by atomic mass is 16.5. The standard InChI is InChI=1S/C21H21N7O2/c1-12-5-16(12)21(29)25-18-6-17-14(8-23-20(22-2)19(17)27-26-18)4-3-13-7-24-28(9-13)15-10-30-11-15/h6-9,12,15-16H,5,10-11H2,1-2H3,(H,22,23)(H,25,26,29)/t12-,16+/m1/s1. The van der Waals surface area contributed by atoms with E-state index < -0.39 is 0 Å². The van der Waals surface area contributed by atoms with E-state index in [0.717, 1.165) is 17.4 Å². The molecule has 1 saturated carbocycles. The van der Waals surface area contributed by atoms with E-state index in [1.54, 1.807) is 25.5 Å². The van der Waals surface area contributed by atoms with Crippen LogP contribution in [0.3, 0.4) is 0 Å². The third-order valence-corrected chi connectivity index (χ3v) is 5.50. The smallest absolute Gasteiger partial charge is 0.228 e. The van der Waals surface area contributed by atoms with Crippen molar-refractivity contribution in [1.82, 2.24) is 25.0 Å². The zero-order valence-corrected chi connectivity index (χ0v) is 16.7. The first kappa shape index (κ1) is 18.5. The van der Waals surface area contributed by atoms with Crippen LogP contribution >= 0.6 is 0 Å². The number of hydrogen-bond donors (Lipinski definition) is 2. The molecule has 1 aliphatic carbocycles. The van der Waals surface area contributed by atoms with Gasteiger partial charge in [0.05, 0.1) is 36.6 Å². The second-order valence-corrected chi connectivity index (χ2v) is 7.72. The Morgan fingerprint density at radius 1 is 1.27 bits per heavy atom. The topological polar surface area (TPSA) is 107 Å².